The van der Waals surface area contributed by atoms with Crippen molar-refractivity contribution in [3.05, 3.63) is 59.4 Å². The lowest BCUT2D eigenvalue weighted by Crippen LogP contribution is -2.53. The molecule has 2 aromatic carbocycles. The molecule has 0 aliphatic carbocycles. The smallest absolute Gasteiger partial charge is 0.266 e. The van der Waals surface area contributed by atoms with Gasteiger partial charge in [0.15, 0.2) is 5.60 Å². The van der Waals surface area contributed by atoms with Gasteiger partial charge in [0, 0.05) is 24.2 Å². The summed E-state index contributed by atoms with van der Waals surface area (Å²) in [6.45, 7) is 4.18. The predicted molar refractivity (Wildman–Crippen MR) is 112 cm³/mol. The summed E-state index contributed by atoms with van der Waals surface area (Å²) in [5, 5.41) is 0.578. The predicted octanol–water partition coefficient (Wildman–Crippen LogP) is 3.61. The summed E-state index contributed by atoms with van der Waals surface area (Å²) in [6.07, 6.45) is 0.911. The Hall–Kier alpha value is -2.16. The lowest BCUT2D eigenvalue weighted by atomic mass is 10.0. The van der Waals surface area contributed by atoms with Crippen LogP contribution in [0.25, 0.3) is 0 Å². The molecule has 1 amide bonds. The zero-order chi connectivity index (χ0) is 21.9. The standard InChI is InChI=1S/C21H24ClFN2O4S/c1-21(2,29-18-8-6-15(22)7-9-18)20(26)25-12-10-17(11-13-25)24-30(27,28)19-5-3-4-16(23)14-19/h3-9,14,17,24H,10-13H2,1-2H3. The summed E-state index contributed by atoms with van der Waals surface area (Å²) in [4.78, 5) is 14.5. The van der Waals surface area contributed by atoms with Crippen molar-refractivity contribution >= 4 is 27.5 Å². The van der Waals surface area contributed by atoms with Gasteiger partial charge in [-0.25, -0.2) is 17.5 Å². The number of carbonyl (C=O) groups is 1. The van der Waals surface area contributed by atoms with Crippen LogP contribution in [0.5, 0.6) is 5.75 Å². The maximum absolute atomic E-state index is 13.3. The van der Waals surface area contributed by atoms with Gasteiger partial charge in [-0.05, 0) is 69.2 Å². The molecule has 0 spiro atoms. The second-order valence-electron chi connectivity index (χ2n) is 7.71. The number of halogens is 2. The molecule has 0 saturated carbocycles. The van der Waals surface area contributed by atoms with E-state index in [9.17, 15) is 17.6 Å². The Morgan fingerprint density at radius 3 is 2.40 bits per heavy atom. The van der Waals surface area contributed by atoms with Crippen molar-refractivity contribution in [3.63, 3.8) is 0 Å². The summed E-state index contributed by atoms with van der Waals surface area (Å²) >= 11 is 5.88. The number of benzene rings is 2. The van der Waals surface area contributed by atoms with Gasteiger partial charge in [-0.2, -0.15) is 0 Å². The van der Waals surface area contributed by atoms with Gasteiger partial charge in [0.1, 0.15) is 11.6 Å². The first-order valence-electron chi connectivity index (χ1n) is 9.59. The highest BCUT2D eigenvalue weighted by Gasteiger charge is 2.36. The van der Waals surface area contributed by atoms with E-state index in [1.54, 1.807) is 43.0 Å². The molecule has 0 radical (unpaired) electrons. The van der Waals surface area contributed by atoms with E-state index in [-0.39, 0.29) is 16.8 Å². The largest absolute Gasteiger partial charge is 0.478 e. The number of piperidine rings is 1. The fourth-order valence-corrected chi connectivity index (χ4v) is 4.81. The minimum atomic E-state index is -3.82. The first-order chi connectivity index (χ1) is 14.1. The fourth-order valence-electron chi connectivity index (χ4n) is 3.34. The van der Waals surface area contributed by atoms with Crippen LogP contribution in [0, 0.1) is 5.82 Å². The van der Waals surface area contributed by atoms with E-state index in [0.29, 0.717) is 36.7 Å². The van der Waals surface area contributed by atoms with Gasteiger partial charge in [0.2, 0.25) is 10.0 Å². The molecule has 30 heavy (non-hydrogen) atoms. The first-order valence-corrected chi connectivity index (χ1v) is 11.4. The van der Waals surface area contributed by atoms with E-state index >= 15 is 0 Å². The third kappa shape index (κ3) is 5.50. The number of likely N-dealkylation sites (tertiary alicyclic amines) is 1. The molecule has 1 saturated heterocycles. The SMILES string of the molecule is CC(C)(Oc1ccc(Cl)cc1)C(=O)N1CCC(NS(=O)(=O)c2cccc(F)c2)CC1. The van der Waals surface area contributed by atoms with Gasteiger partial charge in [0.05, 0.1) is 4.90 Å². The number of nitrogens with one attached hydrogen (secondary N) is 1. The van der Waals surface area contributed by atoms with Gasteiger partial charge in [-0.1, -0.05) is 17.7 Å². The average Bonchev–Trinajstić information content (AvgIpc) is 2.69. The Kier molecular flexibility index (Phi) is 6.69. The molecule has 1 N–H and O–H groups in total. The van der Waals surface area contributed by atoms with E-state index in [1.165, 1.54) is 18.2 Å². The minimum absolute atomic E-state index is 0.112. The molecule has 1 aliphatic heterocycles. The van der Waals surface area contributed by atoms with Crippen molar-refractivity contribution in [1.82, 2.24) is 9.62 Å². The number of hydrogen-bond acceptors (Lipinski definition) is 4. The van der Waals surface area contributed by atoms with Crippen LogP contribution in [0.2, 0.25) is 5.02 Å². The number of rotatable bonds is 6. The van der Waals surface area contributed by atoms with Gasteiger partial charge in [-0.15, -0.1) is 0 Å². The average molecular weight is 455 g/mol. The second-order valence-corrected chi connectivity index (χ2v) is 9.86. The third-order valence-corrected chi connectivity index (χ3v) is 6.68. The Morgan fingerprint density at radius 2 is 1.80 bits per heavy atom. The maximum Gasteiger partial charge on any atom is 0.266 e. The molecule has 162 valence electrons. The third-order valence-electron chi connectivity index (χ3n) is 4.91. The van der Waals surface area contributed by atoms with Crippen LogP contribution in [-0.2, 0) is 14.8 Å². The van der Waals surface area contributed by atoms with Gasteiger partial charge < -0.3 is 9.64 Å². The van der Waals surface area contributed by atoms with E-state index in [1.807, 2.05) is 0 Å². The number of nitrogens with zero attached hydrogens (tertiary/aromatic N) is 1. The molecular weight excluding hydrogens is 431 g/mol. The van der Waals surface area contributed by atoms with Crippen LogP contribution in [0.4, 0.5) is 4.39 Å². The zero-order valence-corrected chi connectivity index (χ0v) is 18.3. The maximum atomic E-state index is 13.3. The fraction of sp³-hybridized carbons (Fsp3) is 0.381. The van der Waals surface area contributed by atoms with Crippen molar-refractivity contribution in [2.75, 3.05) is 13.1 Å². The van der Waals surface area contributed by atoms with Crippen LogP contribution in [-0.4, -0.2) is 44.0 Å². The summed E-state index contributed by atoms with van der Waals surface area (Å²) in [7, 11) is -3.82. The van der Waals surface area contributed by atoms with Crippen molar-refractivity contribution in [3.8, 4) is 5.75 Å². The lowest BCUT2D eigenvalue weighted by molar-refractivity contribution is -0.146. The molecule has 0 bridgehead atoms. The Balaban J connectivity index is 1.57. The van der Waals surface area contributed by atoms with Gasteiger partial charge >= 0.3 is 0 Å². The molecule has 9 heteroatoms. The molecule has 0 aromatic heterocycles. The summed E-state index contributed by atoms with van der Waals surface area (Å²) in [5.74, 6) is -0.249. The number of ether oxygens (including phenoxy) is 1. The highest BCUT2D eigenvalue weighted by Crippen LogP contribution is 2.24. The molecule has 6 nitrogen and oxygen atoms in total. The molecule has 0 unspecified atom stereocenters. The lowest BCUT2D eigenvalue weighted by Gasteiger charge is -2.37. The first kappa shape index (κ1) is 22.5. The highest BCUT2D eigenvalue weighted by molar-refractivity contribution is 7.89. The topological polar surface area (TPSA) is 75.7 Å². The van der Waals surface area contributed by atoms with Gasteiger partial charge in [-0.3, -0.25) is 4.79 Å². The van der Waals surface area contributed by atoms with Crippen molar-refractivity contribution < 1.29 is 22.3 Å². The normalized spacial score (nSPS) is 15.8. The molecule has 1 fully saturated rings. The zero-order valence-electron chi connectivity index (χ0n) is 16.8. The molecular formula is C21H24ClFN2O4S. The summed E-state index contributed by atoms with van der Waals surface area (Å²) in [5.41, 5.74) is -1.08. The quantitative estimate of drug-likeness (QED) is 0.723. The monoisotopic (exact) mass is 454 g/mol. The minimum Gasteiger partial charge on any atom is -0.478 e. The number of amides is 1. The van der Waals surface area contributed by atoms with E-state index in [2.05, 4.69) is 4.72 Å². The molecule has 1 aliphatic rings. The molecule has 2 aromatic rings. The Morgan fingerprint density at radius 1 is 1.17 bits per heavy atom. The van der Waals surface area contributed by atoms with Crippen LogP contribution in [0.15, 0.2) is 53.4 Å². The van der Waals surface area contributed by atoms with Gasteiger partial charge in [0.25, 0.3) is 5.91 Å². The summed E-state index contributed by atoms with van der Waals surface area (Å²) in [6, 6.07) is 11.3. The van der Waals surface area contributed by atoms with Crippen molar-refractivity contribution in [2.24, 2.45) is 0 Å². The van der Waals surface area contributed by atoms with Crippen LogP contribution >= 0.6 is 11.6 Å². The molecule has 1 heterocycles. The molecule has 0 atom stereocenters. The number of carbonyl (C=O) groups excluding carboxylic acids is 1. The van der Waals surface area contributed by atoms with Crippen molar-refractivity contribution in [1.29, 1.82) is 0 Å². The highest BCUT2D eigenvalue weighted by atomic mass is 35.5. The second kappa shape index (κ2) is 8.91. The summed E-state index contributed by atoms with van der Waals surface area (Å²) < 4.78 is 46.7. The van der Waals surface area contributed by atoms with E-state index in [4.69, 9.17) is 16.3 Å². The Labute approximate surface area is 181 Å². The van der Waals surface area contributed by atoms with Crippen LogP contribution < -0.4 is 9.46 Å². The van der Waals surface area contributed by atoms with E-state index < -0.39 is 21.4 Å². The van der Waals surface area contributed by atoms with Crippen molar-refractivity contribution in [2.45, 2.75) is 43.2 Å². The van der Waals surface area contributed by atoms with Crippen LogP contribution in [0.1, 0.15) is 26.7 Å². The molecule has 3 rings (SSSR count). The van der Waals surface area contributed by atoms with Crippen LogP contribution in [0.3, 0.4) is 0 Å². The van der Waals surface area contributed by atoms with E-state index in [0.717, 1.165) is 6.07 Å². The number of sulfonamides is 1. The number of hydrogen-bond donors (Lipinski definition) is 1. The Bertz CT molecular complexity index is 1000.